The molecule has 0 spiro atoms. The van der Waals surface area contributed by atoms with E-state index in [-0.39, 0.29) is 28.4 Å². The second kappa shape index (κ2) is 5.90. The van der Waals surface area contributed by atoms with Gasteiger partial charge in [0.25, 0.3) is 0 Å². The largest absolute Gasteiger partial charge is 0.481 e. The van der Waals surface area contributed by atoms with E-state index < -0.39 is 5.97 Å². The summed E-state index contributed by atoms with van der Waals surface area (Å²) in [6, 6.07) is 0. The minimum atomic E-state index is -0.645. The highest BCUT2D eigenvalue weighted by atomic mass is 16.4. The Labute approximate surface area is 156 Å². The van der Waals surface area contributed by atoms with Crippen LogP contribution in [-0.4, -0.2) is 22.6 Å². The molecule has 2 unspecified atom stereocenters. The Kier molecular flexibility index (Phi) is 4.13. The van der Waals surface area contributed by atoms with Crippen LogP contribution in [0, 0.1) is 51.7 Å². The monoisotopic (exact) mass is 359 g/mol. The van der Waals surface area contributed by atoms with Crippen molar-refractivity contribution in [2.75, 3.05) is 0 Å². The molecule has 4 aliphatic rings. The number of carboxylic acid groups (broad SMARTS) is 1. The molecule has 0 saturated heterocycles. The Bertz CT molecular complexity index is 658. The first-order chi connectivity index (χ1) is 12.2. The second-order valence-corrected chi connectivity index (χ2v) is 10.2. The number of carbonyl (C=O) groups is 2. The molecule has 144 valence electrons. The van der Waals surface area contributed by atoms with Gasteiger partial charge in [0.2, 0.25) is 0 Å². The summed E-state index contributed by atoms with van der Waals surface area (Å²) in [7, 11) is 0. The summed E-state index contributed by atoms with van der Waals surface area (Å²) in [6.07, 6.45) is 8.07. The number of carbonyl (C=O) groups excluding carboxylic acids is 1. The molecular formula is C22H33NO3. The van der Waals surface area contributed by atoms with Crippen molar-refractivity contribution in [1.82, 2.24) is 0 Å². The minimum absolute atomic E-state index is 0.0720. The average molecular weight is 360 g/mol. The summed E-state index contributed by atoms with van der Waals surface area (Å²) >= 11 is 0. The summed E-state index contributed by atoms with van der Waals surface area (Å²) in [5.41, 5.74) is 0.653. The molecule has 4 rings (SSSR count). The van der Waals surface area contributed by atoms with Crippen LogP contribution < -0.4 is 0 Å². The molecule has 0 aromatic rings. The van der Waals surface area contributed by atoms with Crippen LogP contribution in [0.4, 0.5) is 0 Å². The first-order valence-electron chi connectivity index (χ1n) is 10.5. The first kappa shape index (κ1) is 18.2. The topological polar surface area (TPSA) is 78.2 Å². The fourth-order valence-electron chi connectivity index (χ4n) is 8.04. The molecule has 0 radical (unpaired) electrons. The van der Waals surface area contributed by atoms with Crippen molar-refractivity contribution in [3.63, 3.8) is 0 Å². The molecule has 0 aliphatic heterocycles. The minimum Gasteiger partial charge on any atom is -0.481 e. The number of hydrogen-bond acceptors (Lipinski definition) is 3. The molecule has 4 nitrogen and oxygen atoms in total. The van der Waals surface area contributed by atoms with Crippen LogP contribution >= 0.6 is 0 Å². The number of aliphatic carboxylic acids is 1. The van der Waals surface area contributed by atoms with Gasteiger partial charge in [0.15, 0.2) is 5.78 Å². The Balaban J connectivity index is 1.62. The molecule has 0 aromatic carbocycles. The van der Waals surface area contributed by atoms with E-state index in [1.165, 1.54) is 0 Å². The van der Waals surface area contributed by atoms with Gasteiger partial charge < -0.3 is 10.5 Å². The van der Waals surface area contributed by atoms with Crippen molar-refractivity contribution < 1.29 is 14.7 Å². The number of nitrogens with one attached hydrogen (secondary N) is 1. The van der Waals surface area contributed by atoms with Crippen LogP contribution in [0.1, 0.15) is 72.1 Å². The molecule has 26 heavy (non-hydrogen) atoms. The summed E-state index contributed by atoms with van der Waals surface area (Å²) in [6.45, 7) is 6.62. The van der Waals surface area contributed by atoms with Gasteiger partial charge in [-0.05, 0) is 79.4 Å². The maximum atomic E-state index is 12.1. The van der Waals surface area contributed by atoms with Gasteiger partial charge in [-0.25, -0.2) is 0 Å². The lowest BCUT2D eigenvalue weighted by Crippen LogP contribution is -2.56. The van der Waals surface area contributed by atoms with Crippen molar-refractivity contribution in [2.24, 2.45) is 46.3 Å². The molecule has 4 fully saturated rings. The van der Waals surface area contributed by atoms with Gasteiger partial charge in [0.1, 0.15) is 0 Å². The highest BCUT2D eigenvalue weighted by Crippen LogP contribution is 2.67. The summed E-state index contributed by atoms with van der Waals surface area (Å²) < 4.78 is 0. The van der Waals surface area contributed by atoms with Crippen molar-refractivity contribution in [2.45, 2.75) is 72.1 Å². The van der Waals surface area contributed by atoms with E-state index in [2.05, 4.69) is 13.8 Å². The van der Waals surface area contributed by atoms with Crippen molar-refractivity contribution >= 4 is 17.5 Å². The second-order valence-electron chi connectivity index (χ2n) is 10.2. The zero-order valence-electron chi connectivity index (χ0n) is 16.4. The quantitative estimate of drug-likeness (QED) is 0.758. The molecule has 4 heteroatoms. The van der Waals surface area contributed by atoms with E-state index in [0.717, 1.165) is 44.9 Å². The van der Waals surface area contributed by atoms with Crippen molar-refractivity contribution in [3.05, 3.63) is 0 Å². The van der Waals surface area contributed by atoms with E-state index >= 15 is 0 Å². The molecule has 0 aromatic heterocycles. The van der Waals surface area contributed by atoms with Crippen LogP contribution in [0.25, 0.3) is 0 Å². The Hall–Kier alpha value is -1.19. The van der Waals surface area contributed by atoms with Crippen LogP contribution in [0.2, 0.25) is 0 Å². The van der Waals surface area contributed by atoms with Gasteiger partial charge in [-0.15, -0.1) is 0 Å². The van der Waals surface area contributed by atoms with E-state index in [4.69, 9.17) is 5.41 Å². The molecule has 4 aliphatic carbocycles. The Morgan fingerprint density at radius 2 is 1.77 bits per heavy atom. The number of hydrogen-bond donors (Lipinski definition) is 2. The average Bonchev–Trinajstić information content (AvgIpc) is 2.95. The van der Waals surface area contributed by atoms with Crippen LogP contribution in [0.5, 0.6) is 0 Å². The summed E-state index contributed by atoms with van der Waals surface area (Å²) in [5.74, 6) is 1.50. The Morgan fingerprint density at radius 1 is 1.08 bits per heavy atom. The van der Waals surface area contributed by atoms with Crippen LogP contribution in [-0.2, 0) is 9.59 Å². The van der Waals surface area contributed by atoms with Gasteiger partial charge in [-0.3, -0.25) is 9.59 Å². The third-order valence-electron chi connectivity index (χ3n) is 9.47. The molecule has 2 N–H and O–H groups in total. The van der Waals surface area contributed by atoms with Gasteiger partial charge in [-0.2, -0.15) is 0 Å². The van der Waals surface area contributed by atoms with E-state index in [1.807, 2.05) is 6.92 Å². The standard InChI is InChI=1S/C22H33NO3/c1-12(20(25)26)14-6-7-15-13-4-5-17-19(23)18(24)9-11-22(17,3)16(13)8-10-21(14,15)2/h12-17,23H,4-11H2,1-3H3,(H,25,26)/t12?,13-,14+,15-,16-,17?,21+,22+/m0/s1. The SMILES string of the molecule is CC(C(=O)O)[C@H]1CC[C@H]2[C@@H]3CCC4C(=N)C(=O)CC[C@]4(C)[C@H]3CC[C@]12C. The van der Waals surface area contributed by atoms with Crippen molar-refractivity contribution in [3.8, 4) is 0 Å². The van der Waals surface area contributed by atoms with Crippen LogP contribution in [0.3, 0.4) is 0 Å². The van der Waals surface area contributed by atoms with Crippen molar-refractivity contribution in [1.29, 1.82) is 5.41 Å². The fourth-order valence-corrected chi connectivity index (χ4v) is 8.04. The predicted molar refractivity (Wildman–Crippen MR) is 100 cm³/mol. The number of ketones is 1. The van der Waals surface area contributed by atoms with Gasteiger partial charge in [0.05, 0.1) is 11.6 Å². The highest BCUT2D eigenvalue weighted by molar-refractivity contribution is 6.40. The number of Topliss-reactive ketones (excluding diaryl/α,β-unsaturated/α-hetero) is 1. The van der Waals surface area contributed by atoms with Gasteiger partial charge in [0, 0.05) is 12.3 Å². The third kappa shape index (κ3) is 2.29. The highest BCUT2D eigenvalue weighted by Gasteiger charge is 2.61. The maximum Gasteiger partial charge on any atom is 0.306 e. The smallest absolute Gasteiger partial charge is 0.306 e. The van der Waals surface area contributed by atoms with E-state index in [9.17, 15) is 14.7 Å². The lowest BCUT2D eigenvalue weighted by molar-refractivity contribution is -0.147. The normalized spacial score (nSPS) is 49.1. The number of rotatable bonds is 2. The van der Waals surface area contributed by atoms with Gasteiger partial charge in [-0.1, -0.05) is 20.8 Å². The molecule has 4 saturated carbocycles. The molecule has 0 bridgehead atoms. The maximum absolute atomic E-state index is 12.1. The zero-order valence-corrected chi connectivity index (χ0v) is 16.4. The van der Waals surface area contributed by atoms with Crippen LogP contribution in [0.15, 0.2) is 0 Å². The molecule has 0 amide bonds. The molecule has 8 atom stereocenters. The van der Waals surface area contributed by atoms with E-state index in [1.54, 1.807) is 0 Å². The Morgan fingerprint density at radius 3 is 2.46 bits per heavy atom. The number of carboxylic acids is 1. The molecular weight excluding hydrogens is 326 g/mol. The summed E-state index contributed by atoms with van der Waals surface area (Å²) in [4.78, 5) is 23.7. The molecule has 0 heterocycles. The lowest BCUT2D eigenvalue weighted by Gasteiger charge is -2.60. The fraction of sp³-hybridized carbons (Fsp3) is 0.864. The first-order valence-corrected chi connectivity index (χ1v) is 10.5. The lowest BCUT2D eigenvalue weighted by atomic mass is 9.44. The number of fused-ring (bicyclic) bond motifs is 5. The zero-order chi connectivity index (χ0) is 18.9. The summed E-state index contributed by atoms with van der Waals surface area (Å²) in [5, 5.41) is 17.9. The van der Waals surface area contributed by atoms with Gasteiger partial charge >= 0.3 is 5.97 Å². The van der Waals surface area contributed by atoms with E-state index in [0.29, 0.717) is 35.8 Å². The third-order valence-corrected chi connectivity index (χ3v) is 9.47. The predicted octanol–water partition coefficient (Wildman–Crippen LogP) is 4.56.